The second-order valence-corrected chi connectivity index (χ2v) is 10.8. The summed E-state index contributed by atoms with van der Waals surface area (Å²) in [6.45, 7) is 6.70. The van der Waals surface area contributed by atoms with Crippen LogP contribution in [0.25, 0.3) is 5.53 Å². The first-order valence-corrected chi connectivity index (χ1v) is 11.5. The predicted octanol–water partition coefficient (Wildman–Crippen LogP) is 2.94. The number of amides is 1. The average molecular weight is 413 g/mol. The first-order valence-electron chi connectivity index (χ1n) is 11.5. The minimum atomic E-state index is -0.921. The smallest absolute Gasteiger partial charge is 0.405 e. The summed E-state index contributed by atoms with van der Waals surface area (Å²) in [5, 5.41) is 10.7. The minimum absolute atomic E-state index is 0.00926. The van der Waals surface area contributed by atoms with Crippen molar-refractivity contribution in [2.24, 2.45) is 44.7 Å². The highest BCUT2D eigenvalue weighted by molar-refractivity contribution is 5.80. The van der Waals surface area contributed by atoms with Crippen molar-refractivity contribution in [2.75, 3.05) is 6.54 Å². The second-order valence-electron chi connectivity index (χ2n) is 10.8. The largest absolute Gasteiger partial charge is 0.499 e. The Bertz CT molecular complexity index is 869. The molecule has 7 nitrogen and oxygen atoms in total. The van der Waals surface area contributed by atoms with Crippen LogP contribution in [0, 0.1) is 34.5 Å². The van der Waals surface area contributed by atoms with Gasteiger partial charge in [0.1, 0.15) is 6.10 Å². The van der Waals surface area contributed by atoms with Gasteiger partial charge in [0.2, 0.25) is 5.54 Å². The molecule has 5 aliphatic rings. The Kier molecular flexibility index (Phi) is 4.36. The number of fused-ring (bicyclic) bond motifs is 7. The van der Waals surface area contributed by atoms with Crippen LogP contribution in [-0.4, -0.2) is 30.1 Å². The molecule has 1 aliphatic heterocycles. The number of carbonyl (C=O) groups excluding carboxylic acids is 2. The molecule has 0 bridgehead atoms. The maximum Gasteiger partial charge on any atom is 0.405 e. The number of hydrogen-bond donors (Lipinski definition) is 1. The maximum atomic E-state index is 12.9. The highest BCUT2D eigenvalue weighted by Crippen LogP contribution is 2.70. The van der Waals surface area contributed by atoms with Gasteiger partial charge in [0.05, 0.1) is 6.54 Å². The molecule has 1 amide bonds. The Balaban J connectivity index is 1.47. The molecular weight excluding hydrogens is 380 g/mol. The van der Waals surface area contributed by atoms with E-state index in [1.807, 2.05) is 5.11 Å². The van der Waals surface area contributed by atoms with Crippen LogP contribution in [0.2, 0.25) is 0 Å². The first kappa shape index (κ1) is 20.0. The van der Waals surface area contributed by atoms with Gasteiger partial charge in [-0.25, -0.2) is 4.79 Å². The maximum absolute atomic E-state index is 12.9. The number of esters is 1. The lowest BCUT2D eigenvalue weighted by Crippen LogP contribution is -2.79. The number of azo groups is 1. The van der Waals surface area contributed by atoms with Gasteiger partial charge in [-0.15, -0.1) is 0 Å². The molecule has 4 aliphatic carbocycles. The van der Waals surface area contributed by atoms with Crippen molar-refractivity contribution in [1.29, 1.82) is 0 Å². The molecule has 0 saturated heterocycles. The third-order valence-corrected chi connectivity index (χ3v) is 9.76. The molecule has 3 saturated carbocycles. The van der Waals surface area contributed by atoms with Crippen molar-refractivity contribution in [3.8, 4) is 0 Å². The van der Waals surface area contributed by atoms with E-state index in [0.29, 0.717) is 24.3 Å². The van der Waals surface area contributed by atoms with Crippen molar-refractivity contribution in [1.82, 2.24) is 0 Å². The number of carbonyl (C=O) groups is 2. The molecule has 30 heavy (non-hydrogen) atoms. The van der Waals surface area contributed by atoms with Gasteiger partial charge in [-0.1, -0.05) is 25.5 Å². The van der Waals surface area contributed by atoms with E-state index < -0.39 is 5.54 Å². The Morgan fingerprint density at radius 1 is 1.23 bits per heavy atom. The second kappa shape index (κ2) is 6.54. The van der Waals surface area contributed by atoms with E-state index in [-0.39, 0.29) is 34.7 Å². The van der Waals surface area contributed by atoms with Gasteiger partial charge in [-0.05, 0) is 61.7 Å². The van der Waals surface area contributed by atoms with Crippen molar-refractivity contribution >= 4 is 11.9 Å². The summed E-state index contributed by atoms with van der Waals surface area (Å²) in [4.78, 5) is 24.3. The summed E-state index contributed by atoms with van der Waals surface area (Å²) in [7, 11) is 0. The fourth-order valence-corrected chi connectivity index (χ4v) is 8.36. The standard InChI is InChI=1S/C23H32N4O3/c1-13(28)30-16-6-8-21(2)14(10-16)4-5-17-18(21)7-9-22(3)19(17)11-15-12-25-27-23(15,22)20(29)26-24/h4,15-19,26H,5-12H2,1-3H3. The number of rotatable bonds is 2. The van der Waals surface area contributed by atoms with Crippen molar-refractivity contribution in [2.45, 2.75) is 77.4 Å². The van der Waals surface area contributed by atoms with Crippen LogP contribution in [-0.2, 0) is 14.3 Å². The number of ether oxygens (including phenoxy) is 1. The van der Waals surface area contributed by atoms with E-state index in [0.717, 1.165) is 44.9 Å². The molecule has 0 radical (unpaired) electrons. The lowest BCUT2D eigenvalue weighted by atomic mass is 9.46. The van der Waals surface area contributed by atoms with Crippen LogP contribution < -0.4 is 5.11 Å². The molecule has 8 atom stereocenters. The van der Waals surface area contributed by atoms with Crippen LogP contribution in [0.4, 0.5) is 0 Å². The molecule has 162 valence electrons. The van der Waals surface area contributed by atoms with Gasteiger partial charge in [-0.3, -0.25) is 9.91 Å². The summed E-state index contributed by atoms with van der Waals surface area (Å²) in [5.41, 5.74) is 9.92. The fraction of sp³-hybridized carbons (Fsp3) is 0.826. The Morgan fingerprint density at radius 2 is 2.03 bits per heavy atom. The van der Waals surface area contributed by atoms with Crippen LogP contribution in [0.15, 0.2) is 21.9 Å². The highest BCUT2D eigenvalue weighted by atomic mass is 16.5. The quantitative estimate of drug-likeness (QED) is 0.428. The minimum Gasteiger partial charge on any atom is -0.499 e. The predicted molar refractivity (Wildman–Crippen MR) is 108 cm³/mol. The third kappa shape index (κ3) is 2.38. The molecule has 8 unspecified atom stereocenters. The highest BCUT2D eigenvalue weighted by Gasteiger charge is 2.74. The lowest BCUT2D eigenvalue weighted by Gasteiger charge is -2.58. The molecule has 1 N–H and O–H groups in total. The van der Waals surface area contributed by atoms with Crippen LogP contribution in [0.1, 0.15) is 65.7 Å². The zero-order valence-corrected chi connectivity index (χ0v) is 18.2. The van der Waals surface area contributed by atoms with Gasteiger partial charge in [0.25, 0.3) is 0 Å². The third-order valence-electron chi connectivity index (χ3n) is 9.76. The van der Waals surface area contributed by atoms with E-state index in [1.165, 1.54) is 12.5 Å². The fourth-order valence-electron chi connectivity index (χ4n) is 8.36. The zero-order chi connectivity index (χ0) is 21.3. The van der Waals surface area contributed by atoms with Gasteiger partial charge >= 0.3 is 11.9 Å². The zero-order valence-electron chi connectivity index (χ0n) is 18.2. The van der Waals surface area contributed by atoms with Gasteiger partial charge in [0.15, 0.2) is 0 Å². The van der Waals surface area contributed by atoms with E-state index in [9.17, 15) is 15.1 Å². The van der Waals surface area contributed by atoms with E-state index in [4.69, 9.17) is 4.74 Å². The molecule has 0 aromatic carbocycles. The molecule has 3 fully saturated rings. The lowest BCUT2D eigenvalue weighted by molar-refractivity contribution is -0.408. The van der Waals surface area contributed by atoms with Crippen molar-refractivity contribution < 1.29 is 19.4 Å². The normalized spacial score (nSPS) is 48.6. The Labute approximate surface area is 177 Å². The van der Waals surface area contributed by atoms with Gasteiger partial charge in [0, 0.05) is 24.7 Å². The molecule has 0 spiro atoms. The van der Waals surface area contributed by atoms with E-state index in [2.05, 4.69) is 30.2 Å². The van der Waals surface area contributed by atoms with Crippen molar-refractivity contribution in [3.63, 3.8) is 0 Å². The summed E-state index contributed by atoms with van der Waals surface area (Å²) < 4.78 is 5.54. The molecule has 5 rings (SSSR count). The number of nitrogens with zero attached hydrogens (tertiary/aromatic N) is 3. The topological polar surface area (TPSA) is 104 Å². The molecular formula is C23H32N4O3. The summed E-state index contributed by atoms with van der Waals surface area (Å²) in [5.74, 6) is 1.02. The van der Waals surface area contributed by atoms with Crippen LogP contribution in [0.5, 0.6) is 0 Å². The van der Waals surface area contributed by atoms with Crippen molar-refractivity contribution in [3.05, 3.63) is 17.2 Å². The molecule has 1 heterocycles. The summed E-state index contributed by atoms with van der Waals surface area (Å²) >= 11 is 0. The van der Waals surface area contributed by atoms with Crippen LogP contribution in [0.3, 0.4) is 0 Å². The summed E-state index contributed by atoms with van der Waals surface area (Å²) in [6.07, 6.45) is 9.21. The Morgan fingerprint density at radius 3 is 2.77 bits per heavy atom. The van der Waals surface area contributed by atoms with E-state index in [1.54, 1.807) is 0 Å². The number of nitrogens with one attached hydrogen (secondary N) is 1. The van der Waals surface area contributed by atoms with Gasteiger partial charge in [-0.2, -0.15) is 10.2 Å². The molecule has 0 aromatic rings. The number of allylic oxidation sites excluding steroid dienone is 1. The molecule has 7 heteroatoms. The SMILES string of the molecule is CC(=O)OC1CCC2(C)C(=CCC3C2CCC2(C)C3CC3CN=NC32C(=O)[NH+]=[N-])C1. The van der Waals surface area contributed by atoms with E-state index >= 15 is 0 Å². The monoisotopic (exact) mass is 412 g/mol. The molecule has 0 aromatic heterocycles. The summed E-state index contributed by atoms with van der Waals surface area (Å²) in [6, 6.07) is 0. The first-order chi connectivity index (χ1) is 14.3. The average Bonchev–Trinajstić information content (AvgIpc) is 3.24. The number of hydrogen-bond acceptors (Lipinski definition) is 5. The van der Waals surface area contributed by atoms with Crippen LogP contribution >= 0.6 is 0 Å². The van der Waals surface area contributed by atoms with Gasteiger partial charge < -0.3 is 10.3 Å². The Hall–Kier alpha value is -1.92.